The van der Waals surface area contributed by atoms with E-state index in [0.717, 1.165) is 11.3 Å². The van der Waals surface area contributed by atoms with Gasteiger partial charge in [-0.3, -0.25) is 4.79 Å². The molecule has 6 heteroatoms. The van der Waals surface area contributed by atoms with Crippen LogP contribution in [0, 0.1) is 13.8 Å². The summed E-state index contributed by atoms with van der Waals surface area (Å²) in [6, 6.07) is 4.93. The Morgan fingerprint density at radius 3 is 2.57 bits per heavy atom. The summed E-state index contributed by atoms with van der Waals surface area (Å²) < 4.78 is 10.4. The highest BCUT2D eigenvalue weighted by Crippen LogP contribution is 2.16. The van der Waals surface area contributed by atoms with E-state index < -0.39 is 12.0 Å². The quantitative estimate of drug-likeness (QED) is 0.644. The van der Waals surface area contributed by atoms with Crippen molar-refractivity contribution in [1.29, 1.82) is 0 Å². The molecule has 128 valence electrons. The highest BCUT2D eigenvalue weighted by Gasteiger charge is 2.19. The van der Waals surface area contributed by atoms with Gasteiger partial charge < -0.3 is 19.9 Å². The third kappa shape index (κ3) is 7.15. The Kier molecular flexibility index (Phi) is 8.11. The molecule has 6 nitrogen and oxygen atoms in total. The van der Waals surface area contributed by atoms with E-state index in [9.17, 15) is 9.59 Å². The Morgan fingerprint density at radius 2 is 1.96 bits per heavy atom. The fourth-order valence-electron chi connectivity index (χ4n) is 1.99. The number of carboxylic acid groups (broad SMARTS) is 1. The zero-order valence-electron chi connectivity index (χ0n) is 13.9. The van der Waals surface area contributed by atoms with Crippen molar-refractivity contribution in [3.05, 3.63) is 29.3 Å². The van der Waals surface area contributed by atoms with Crippen LogP contribution >= 0.6 is 0 Å². The Morgan fingerprint density at radius 1 is 1.22 bits per heavy atom. The summed E-state index contributed by atoms with van der Waals surface area (Å²) >= 11 is 0. The normalized spacial score (nSPS) is 11.8. The molecule has 1 amide bonds. The van der Waals surface area contributed by atoms with Crippen molar-refractivity contribution >= 4 is 11.9 Å². The summed E-state index contributed by atoms with van der Waals surface area (Å²) in [5, 5.41) is 11.5. The van der Waals surface area contributed by atoms with Crippen LogP contribution in [-0.2, 0) is 14.3 Å². The van der Waals surface area contributed by atoms with Gasteiger partial charge in [0, 0.05) is 26.6 Å². The summed E-state index contributed by atoms with van der Waals surface area (Å²) in [5.74, 6) is -0.573. The number of carboxylic acids is 1. The van der Waals surface area contributed by atoms with Gasteiger partial charge in [-0.25, -0.2) is 4.79 Å². The van der Waals surface area contributed by atoms with Gasteiger partial charge in [-0.15, -0.1) is 0 Å². The maximum Gasteiger partial charge on any atom is 0.326 e. The van der Waals surface area contributed by atoms with Gasteiger partial charge in [0.1, 0.15) is 11.8 Å². The molecule has 0 saturated carbocycles. The molecule has 2 N–H and O–H groups in total. The third-order valence-corrected chi connectivity index (χ3v) is 3.54. The lowest BCUT2D eigenvalue weighted by Crippen LogP contribution is -2.41. The van der Waals surface area contributed by atoms with Gasteiger partial charge >= 0.3 is 5.97 Å². The van der Waals surface area contributed by atoms with Crippen LogP contribution in [0.15, 0.2) is 18.2 Å². The second kappa shape index (κ2) is 9.84. The molecule has 0 saturated heterocycles. The molecule has 23 heavy (non-hydrogen) atoms. The van der Waals surface area contributed by atoms with Gasteiger partial charge in [-0.1, -0.05) is 6.07 Å². The zero-order valence-corrected chi connectivity index (χ0v) is 13.9. The number of ether oxygens (including phenoxy) is 2. The Bertz CT molecular complexity index is 530. The molecule has 1 unspecified atom stereocenters. The van der Waals surface area contributed by atoms with E-state index >= 15 is 0 Å². The van der Waals surface area contributed by atoms with Crippen LogP contribution in [0.4, 0.5) is 0 Å². The second-order valence-electron chi connectivity index (χ2n) is 5.44. The molecular weight excluding hydrogens is 298 g/mol. The number of amides is 1. The van der Waals surface area contributed by atoms with Crippen LogP contribution in [0.2, 0.25) is 0 Å². The molecule has 0 aromatic heterocycles. The molecule has 0 fully saturated rings. The van der Waals surface area contributed by atoms with E-state index in [2.05, 4.69) is 5.32 Å². The minimum atomic E-state index is -1.05. The Balaban J connectivity index is 2.29. The molecule has 1 rings (SSSR count). The van der Waals surface area contributed by atoms with Crippen LogP contribution in [0.3, 0.4) is 0 Å². The molecule has 0 heterocycles. The number of benzene rings is 1. The lowest BCUT2D eigenvalue weighted by atomic mass is 10.1. The van der Waals surface area contributed by atoms with E-state index in [4.69, 9.17) is 14.6 Å². The monoisotopic (exact) mass is 323 g/mol. The number of rotatable bonds is 10. The number of nitrogens with one attached hydrogen (secondary N) is 1. The molecule has 0 radical (unpaired) electrons. The Labute approximate surface area is 136 Å². The first-order chi connectivity index (χ1) is 10.9. The van der Waals surface area contributed by atoms with Crippen molar-refractivity contribution in [3.63, 3.8) is 0 Å². The van der Waals surface area contributed by atoms with Gasteiger partial charge in [-0.2, -0.15) is 0 Å². The molecule has 0 aliphatic rings. The van der Waals surface area contributed by atoms with Crippen molar-refractivity contribution in [2.75, 3.05) is 20.3 Å². The number of carbonyl (C=O) groups is 2. The number of carbonyl (C=O) groups excluding carboxylic acids is 1. The fraction of sp³-hybridized carbons (Fsp3) is 0.529. The third-order valence-electron chi connectivity index (χ3n) is 3.54. The van der Waals surface area contributed by atoms with Crippen LogP contribution in [-0.4, -0.2) is 43.3 Å². The number of aryl methyl sites for hydroxylation is 2. The number of aliphatic carboxylic acids is 1. The van der Waals surface area contributed by atoms with E-state index in [-0.39, 0.29) is 25.4 Å². The molecular formula is C17H25NO5. The molecule has 1 aromatic carbocycles. The van der Waals surface area contributed by atoms with Crippen molar-refractivity contribution in [1.82, 2.24) is 5.32 Å². The maximum absolute atomic E-state index is 11.8. The fourth-order valence-corrected chi connectivity index (χ4v) is 1.99. The maximum atomic E-state index is 11.8. The Hall–Kier alpha value is -2.08. The molecule has 0 spiro atoms. The predicted molar refractivity (Wildman–Crippen MR) is 86.7 cm³/mol. The van der Waals surface area contributed by atoms with E-state index in [1.54, 1.807) is 0 Å². The van der Waals surface area contributed by atoms with Crippen molar-refractivity contribution in [3.8, 4) is 5.75 Å². The minimum Gasteiger partial charge on any atom is -0.494 e. The lowest BCUT2D eigenvalue weighted by Gasteiger charge is -2.14. The van der Waals surface area contributed by atoms with Crippen LogP contribution in [0.1, 0.15) is 30.4 Å². The number of methoxy groups -OCH3 is 1. The van der Waals surface area contributed by atoms with Crippen LogP contribution in [0.5, 0.6) is 5.75 Å². The van der Waals surface area contributed by atoms with Gasteiger partial charge in [0.05, 0.1) is 6.61 Å². The van der Waals surface area contributed by atoms with E-state index in [0.29, 0.717) is 13.0 Å². The number of hydrogen-bond donors (Lipinski definition) is 2. The summed E-state index contributed by atoms with van der Waals surface area (Å²) in [6.45, 7) is 4.74. The molecule has 0 aliphatic heterocycles. The van der Waals surface area contributed by atoms with Crippen molar-refractivity contribution in [2.24, 2.45) is 0 Å². The standard InChI is InChI=1S/C17H25NO5/c1-12-6-7-14(11-13(12)2)23-9-4-5-16(19)18-15(17(20)21)8-10-22-3/h6-7,11,15H,4-5,8-10H2,1-3H3,(H,18,19)(H,20,21). The summed E-state index contributed by atoms with van der Waals surface area (Å²) in [6.07, 6.45) is 0.994. The predicted octanol–water partition coefficient (Wildman–Crippen LogP) is 2.07. The SMILES string of the molecule is COCCC(NC(=O)CCCOc1ccc(C)c(C)c1)C(=O)O. The summed E-state index contributed by atoms with van der Waals surface area (Å²) in [4.78, 5) is 22.8. The average Bonchev–Trinajstić information content (AvgIpc) is 2.51. The smallest absolute Gasteiger partial charge is 0.326 e. The largest absolute Gasteiger partial charge is 0.494 e. The van der Waals surface area contributed by atoms with E-state index in [1.165, 1.54) is 12.7 Å². The highest BCUT2D eigenvalue weighted by molar-refractivity contribution is 5.83. The second-order valence-corrected chi connectivity index (χ2v) is 5.44. The van der Waals surface area contributed by atoms with Gasteiger partial charge in [0.15, 0.2) is 0 Å². The highest BCUT2D eigenvalue weighted by atomic mass is 16.5. The lowest BCUT2D eigenvalue weighted by molar-refractivity contribution is -0.142. The molecule has 1 atom stereocenters. The summed E-state index contributed by atoms with van der Waals surface area (Å²) in [5.41, 5.74) is 2.36. The first-order valence-corrected chi connectivity index (χ1v) is 7.65. The molecule has 0 aliphatic carbocycles. The average molecular weight is 323 g/mol. The zero-order chi connectivity index (χ0) is 17.2. The van der Waals surface area contributed by atoms with Gasteiger partial charge in [-0.05, 0) is 43.5 Å². The molecule has 0 bridgehead atoms. The van der Waals surface area contributed by atoms with Crippen molar-refractivity contribution < 1.29 is 24.2 Å². The van der Waals surface area contributed by atoms with E-state index in [1.807, 2.05) is 32.0 Å². The topological polar surface area (TPSA) is 84.9 Å². The van der Waals surface area contributed by atoms with Crippen LogP contribution < -0.4 is 10.1 Å². The minimum absolute atomic E-state index is 0.224. The molecule has 1 aromatic rings. The first-order valence-electron chi connectivity index (χ1n) is 7.65. The van der Waals surface area contributed by atoms with Crippen LogP contribution in [0.25, 0.3) is 0 Å². The number of hydrogen-bond acceptors (Lipinski definition) is 4. The van der Waals surface area contributed by atoms with Crippen molar-refractivity contribution in [2.45, 2.75) is 39.2 Å². The van der Waals surface area contributed by atoms with Gasteiger partial charge in [0.25, 0.3) is 0 Å². The van der Waals surface area contributed by atoms with Gasteiger partial charge in [0.2, 0.25) is 5.91 Å². The summed E-state index contributed by atoms with van der Waals surface area (Å²) in [7, 11) is 1.49. The first kappa shape index (κ1) is 19.0.